The molecule has 5 heterocycles. The van der Waals surface area contributed by atoms with E-state index in [0.717, 1.165) is 18.0 Å². The standard InChI is InChI=1S/C45H61N7O10S2/c1-27(2)46-42-48-35(26-63-42)34-22-37(31-17-16-29(60-6)20-33(31)47-34)61-30-21-36-39(53)50-45(41(55)56)23-28(45)14-10-8-7-9-11-15-32(40(54)52(36)24-30)49-43(57)62-38(44(3,4)5)25-51-18-12-13-19-64(51,58)59/h10,14,16-17,20,22,26-28,30,32,36,38H,7-9,11-13,15,18-19,21,23-25H2,1-6H3,(H,46,48)(H,49,57)(H,50,53)(H,55,56)/b14-10-/t28?,30?,32-,36-,38?,45+/m0/s1. The number of aromatic nitrogens is 2. The summed E-state index contributed by atoms with van der Waals surface area (Å²) in [4.78, 5) is 66.9. The molecule has 3 unspecified atom stereocenters. The number of amides is 3. The number of pyridine rings is 1. The number of alkyl carbamates (subject to hydrolysis) is 1. The smallest absolute Gasteiger partial charge is 0.408 e. The van der Waals surface area contributed by atoms with Gasteiger partial charge in [-0.15, -0.1) is 11.3 Å². The van der Waals surface area contributed by atoms with E-state index in [4.69, 9.17) is 24.2 Å². The SMILES string of the molecule is COc1ccc2c(OC3C[C@H]4C(=O)N[C@]5(C(=O)O)CC5/C=C\CCCCC[C@H](NC(=O)OC(CN5CCCCS5(=O)=O)C(C)(C)C)C(=O)N4C3)cc(-c3csc(NC(C)C)n3)nc2c1. The van der Waals surface area contributed by atoms with Crippen LogP contribution in [-0.2, 0) is 29.1 Å². The number of aliphatic carboxylic acids is 1. The van der Waals surface area contributed by atoms with Crippen molar-refractivity contribution < 1.29 is 46.9 Å². The van der Waals surface area contributed by atoms with E-state index in [1.165, 1.54) is 20.5 Å². The highest BCUT2D eigenvalue weighted by molar-refractivity contribution is 7.89. The summed E-state index contributed by atoms with van der Waals surface area (Å²) in [6, 6.07) is 5.08. The molecular formula is C45H61N7O10S2. The lowest BCUT2D eigenvalue weighted by molar-refractivity contribution is -0.145. The van der Waals surface area contributed by atoms with E-state index in [0.29, 0.717) is 66.0 Å². The second-order valence-electron chi connectivity index (χ2n) is 18.7. The van der Waals surface area contributed by atoms with Gasteiger partial charge in [0.1, 0.15) is 47.0 Å². The van der Waals surface area contributed by atoms with Gasteiger partial charge in [0, 0.05) is 53.2 Å². The Balaban J connectivity index is 1.19. The van der Waals surface area contributed by atoms with Crippen LogP contribution in [0, 0.1) is 11.3 Å². The quantitative estimate of drug-likeness (QED) is 0.164. The average Bonchev–Trinajstić information content (AvgIpc) is 3.49. The number of anilines is 1. The summed E-state index contributed by atoms with van der Waals surface area (Å²) in [7, 11) is -1.95. The number of nitrogens with zero attached hydrogens (tertiary/aromatic N) is 4. The molecule has 2 aromatic heterocycles. The second-order valence-corrected chi connectivity index (χ2v) is 21.6. The number of thiazole rings is 1. The molecule has 3 fully saturated rings. The third kappa shape index (κ3) is 10.7. The molecule has 1 saturated carbocycles. The Labute approximate surface area is 378 Å². The predicted molar refractivity (Wildman–Crippen MR) is 243 cm³/mol. The largest absolute Gasteiger partial charge is 0.497 e. The lowest BCUT2D eigenvalue weighted by Crippen LogP contribution is -2.57. The van der Waals surface area contributed by atoms with Gasteiger partial charge in [-0.1, -0.05) is 45.8 Å². The van der Waals surface area contributed by atoms with Gasteiger partial charge in [-0.25, -0.2) is 28.0 Å². The van der Waals surface area contributed by atoms with Crippen LogP contribution in [0.15, 0.2) is 41.8 Å². The van der Waals surface area contributed by atoms with Crippen molar-refractivity contribution in [1.29, 1.82) is 0 Å². The topological polar surface area (TPSA) is 219 Å². The molecule has 1 aliphatic carbocycles. The number of nitrogens with one attached hydrogen (secondary N) is 3. The van der Waals surface area contributed by atoms with Crippen molar-refractivity contribution in [3.63, 3.8) is 0 Å². The summed E-state index contributed by atoms with van der Waals surface area (Å²) in [6.45, 7) is 9.87. The molecule has 0 spiro atoms. The van der Waals surface area contributed by atoms with E-state index in [1.807, 2.05) is 58.2 Å². The minimum Gasteiger partial charge on any atom is -0.497 e. The number of ether oxygens (including phenoxy) is 3. The van der Waals surface area contributed by atoms with Crippen LogP contribution in [0.25, 0.3) is 22.3 Å². The normalized spacial score (nSPS) is 26.4. The molecule has 1 aromatic carbocycles. The fraction of sp³-hybridized carbons (Fsp3) is 0.600. The molecule has 64 heavy (non-hydrogen) atoms. The first-order valence-electron chi connectivity index (χ1n) is 22.2. The van der Waals surface area contributed by atoms with E-state index < -0.39 is 75.1 Å². The lowest BCUT2D eigenvalue weighted by atomic mass is 9.89. The number of rotatable bonds is 11. The fourth-order valence-electron chi connectivity index (χ4n) is 8.59. The third-order valence-corrected chi connectivity index (χ3v) is 15.1. The lowest BCUT2D eigenvalue weighted by Gasteiger charge is -2.36. The molecule has 19 heteroatoms. The number of allylic oxidation sites excluding steroid dienone is 1. The van der Waals surface area contributed by atoms with Crippen molar-refractivity contribution in [3.05, 3.63) is 41.8 Å². The van der Waals surface area contributed by atoms with Crippen molar-refractivity contribution in [2.75, 3.05) is 37.8 Å². The summed E-state index contributed by atoms with van der Waals surface area (Å²) in [5, 5.41) is 22.6. The molecule has 0 radical (unpaired) electrons. The summed E-state index contributed by atoms with van der Waals surface area (Å²) in [6.07, 6.45) is 5.81. The molecule has 3 aliphatic heterocycles. The minimum absolute atomic E-state index is 0.0236. The van der Waals surface area contributed by atoms with Crippen molar-refractivity contribution in [1.82, 2.24) is 29.8 Å². The Hall–Kier alpha value is -5.01. The van der Waals surface area contributed by atoms with Gasteiger partial charge in [-0.2, -0.15) is 4.31 Å². The van der Waals surface area contributed by atoms with E-state index >= 15 is 0 Å². The Morgan fingerprint density at radius 2 is 1.88 bits per heavy atom. The van der Waals surface area contributed by atoms with E-state index in [2.05, 4.69) is 16.0 Å². The van der Waals surface area contributed by atoms with Crippen molar-refractivity contribution in [3.8, 4) is 22.9 Å². The summed E-state index contributed by atoms with van der Waals surface area (Å²) < 4.78 is 45.5. The maximum Gasteiger partial charge on any atom is 0.408 e. The predicted octanol–water partition coefficient (Wildman–Crippen LogP) is 5.95. The van der Waals surface area contributed by atoms with Crippen LogP contribution in [0.3, 0.4) is 0 Å². The van der Waals surface area contributed by atoms with Gasteiger partial charge in [0.25, 0.3) is 0 Å². The second kappa shape index (κ2) is 19.2. The number of sulfonamides is 1. The minimum atomic E-state index is -3.52. The van der Waals surface area contributed by atoms with E-state index in [9.17, 15) is 32.7 Å². The fourth-order valence-corrected chi connectivity index (χ4v) is 11.0. The van der Waals surface area contributed by atoms with Crippen LogP contribution >= 0.6 is 11.3 Å². The van der Waals surface area contributed by atoms with Gasteiger partial charge >= 0.3 is 12.1 Å². The maximum absolute atomic E-state index is 14.9. The Kier molecular flexibility index (Phi) is 14.1. The number of carbonyl (C=O) groups is 4. The van der Waals surface area contributed by atoms with Gasteiger partial charge in [-0.05, 0) is 64.5 Å². The monoisotopic (exact) mass is 923 g/mol. The molecule has 17 nitrogen and oxygen atoms in total. The van der Waals surface area contributed by atoms with Crippen molar-refractivity contribution in [2.24, 2.45) is 11.3 Å². The number of carbonyl (C=O) groups excluding carboxylic acids is 3. The van der Waals surface area contributed by atoms with Gasteiger partial charge < -0.3 is 40.2 Å². The average molecular weight is 924 g/mol. The number of benzene rings is 1. The van der Waals surface area contributed by atoms with Gasteiger partial charge in [-0.3, -0.25) is 9.59 Å². The molecule has 6 atom stereocenters. The number of carboxylic acids is 1. The summed E-state index contributed by atoms with van der Waals surface area (Å²) in [5.74, 6) is -1.69. The van der Waals surface area contributed by atoms with Crippen LogP contribution in [0.4, 0.5) is 9.93 Å². The van der Waals surface area contributed by atoms with Crippen LogP contribution in [0.1, 0.15) is 92.4 Å². The molecule has 3 amide bonds. The van der Waals surface area contributed by atoms with Crippen LogP contribution in [0.5, 0.6) is 11.5 Å². The summed E-state index contributed by atoms with van der Waals surface area (Å²) >= 11 is 1.45. The molecular weight excluding hydrogens is 863 g/mol. The van der Waals surface area contributed by atoms with Gasteiger partial charge in [0.15, 0.2) is 5.13 Å². The molecule has 4 N–H and O–H groups in total. The zero-order valence-electron chi connectivity index (χ0n) is 37.4. The summed E-state index contributed by atoms with van der Waals surface area (Å²) in [5.41, 5.74) is -0.433. The maximum atomic E-state index is 14.9. The Bertz CT molecular complexity index is 2370. The van der Waals surface area contributed by atoms with Gasteiger partial charge in [0.05, 0.1) is 37.2 Å². The zero-order chi connectivity index (χ0) is 46.0. The molecule has 2 saturated heterocycles. The third-order valence-electron chi connectivity index (χ3n) is 12.4. The number of hydrogen-bond donors (Lipinski definition) is 4. The van der Waals surface area contributed by atoms with Crippen molar-refractivity contribution in [2.45, 2.75) is 128 Å². The highest BCUT2D eigenvalue weighted by atomic mass is 32.2. The number of fused-ring (bicyclic) bond motifs is 3. The van der Waals surface area contributed by atoms with Gasteiger partial charge in [0.2, 0.25) is 21.8 Å². The highest BCUT2D eigenvalue weighted by Gasteiger charge is 2.61. The highest BCUT2D eigenvalue weighted by Crippen LogP contribution is 2.46. The molecule has 3 aromatic rings. The molecule has 7 rings (SSSR count). The van der Waals surface area contributed by atoms with E-state index in [1.54, 1.807) is 25.3 Å². The van der Waals surface area contributed by atoms with Crippen LogP contribution < -0.4 is 25.4 Å². The molecule has 0 bridgehead atoms. The first-order chi connectivity index (χ1) is 30.4. The zero-order valence-corrected chi connectivity index (χ0v) is 39.1. The van der Waals surface area contributed by atoms with Crippen molar-refractivity contribution >= 4 is 61.3 Å². The van der Waals surface area contributed by atoms with Crippen LogP contribution in [-0.4, -0.2) is 125 Å². The Morgan fingerprint density at radius 3 is 2.59 bits per heavy atom. The van der Waals surface area contributed by atoms with Crippen LogP contribution in [0.2, 0.25) is 0 Å². The number of carboxylic acid groups (broad SMARTS) is 1. The first-order valence-corrected chi connectivity index (χ1v) is 24.7. The number of methoxy groups -OCH3 is 1. The first kappa shape index (κ1) is 47.0. The van der Waals surface area contributed by atoms with E-state index in [-0.39, 0.29) is 44.1 Å². The molecule has 4 aliphatic rings. The Morgan fingerprint density at radius 1 is 1.08 bits per heavy atom. The number of hydrogen-bond acceptors (Lipinski definition) is 13. The molecule has 348 valence electrons.